The van der Waals surface area contributed by atoms with E-state index >= 15 is 0 Å². The minimum Gasteiger partial charge on any atom is -0.308 e. The van der Waals surface area contributed by atoms with E-state index in [1.54, 1.807) is 0 Å². The van der Waals surface area contributed by atoms with Crippen molar-refractivity contribution < 1.29 is 8.42 Å². The van der Waals surface area contributed by atoms with Crippen LogP contribution in [0.3, 0.4) is 0 Å². The number of sulfonamides is 1. The highest BCUT2D eigenvalue weighted by molar-refractivity contribution is 7.89. The average molecular weight is 611 g/mol. The fourth-order valence-electron chi connectivity index (χ4n) is 5.86. The van der Waals surface area contributed by atoms with Crippen molar-refractivity contribution in [2.75, 3.05) is 6.54 Å². The molecule has 0 fully saturated rings. The fraction of sp³-hybridized carbons (Fsp3) is 0.385. The van der Waals surface area contributed by atoms with Gasteiger partial charge in [0.05, 0.1) is 17.0 Å². The molecule has 2 atom stereocenters. The molecule has 0 aliphatic heterocycles. The van der Waals surface area contributed by atoms with E-state index in [2.05, 4.69) is 100 Å². The number of hydrogen-bond donors (Lipinski definition) is 2. The Morgan fingerprint density at radius 2 is 1.05 bits per heavy atom. The second-order valence-electron chi connectivity index (χ2n) is 12.8. The van der Waals surface area contributed by atoms with Gasteiger partial charge in [-0.15, -0.1) is 0 Å². The molecule has 2 unspecified atom stereocenters. The summed E-state index contributed by atoms with van der Waals surface area (Å²) in [6.45, 7) is 13.4. The van der Waals surface area contributed by atoms with Crippen molar-refractivity contribution in [2.45, 2.75) is 95.5 Å². The minimum atomic E-state index is -3.92. The fourth-order valence-corrected chi connectivity index (χ4v) is 7.79. The van der Waals surface area contributed by atoms with Crippen LogP contribution in [-0.4, -0.2) is 15.0 Å². The average Bonchev–Trinajstić information content (AvgIpc) is 3.02. The largest absolute Gasteiger partial charge is 0.308 e. The summed E-state index contributed by atoms with van der Waals surface area (Å²) in [4.78, 5) is 0.433. The maximum Gasteiger partial charge on any atom is 0.241 e. The lowest BCUT2D eigenvalue weighted by Gasteiger charge is -2.31. The van der Waals surface area contributed by atoms with Gasteiger partial charge in [-0.3, -0.25) is 0 Å². The summed E-state index contributed by atoms with van der Waals surface area (Å²) in [7, 11) is -3.92. The van der Waals surface area contributed by atoms with Crippen LogP contribution in [0.2, 0.25) is 0 Å². The third-order valence-electron chi connectivity index (χ3n) is 8.38. The molecule has 0 aromatic heterocycles. The van der Waals surface area contributed by atoms with Crippen LogP contribution >= 0.6 is 0 Å². The Labute approximate surface area is 266 Å². The van der Waals surface area contributed by atoms with Gasteiger partial charge in [0.2, 0.25) is 10.0 Å². The van der Waals surface area contributed by atoms with E-state index in [4.69, 9.17) is 0 Å². The molecule has 4 rings (SSSR count). The smallest absolute Gasteiger partial charge is 0.241 e. The van der Waals surface area contributed by atoms with Gasteiger partial charge in [0, 0.05) is 0 Å². The van der Waals surface area contributed by atoms with Crippen LogP contribution in [0.4, 0.5) is 0 Å². The SMILES string of the molecule is CC(C)c1cc(C(C)C)c(S(=O)(=O)NC(c2ccccc2)C(NCCCCc2ccccc2)c2ccccc2)c(C(C)C)c1. The van der Waals surface area contributed by atoms with E-state index in [1.807, 2.05) is 54.6 Å². The molecular formula is C39H50N2O2S. The van der Waals surface area contributed by atoms with E-state index in [1.165, 1.54) is 11.1 Å². The lowest BCUT2D eigenvalue weighted by atomic mass is 9.89. The number of unbranched alkanes of at least 4 members (excludes halogenated alkanes) is 1. The van der Waals surface area contributed by atoms with Crippen LogP contribution in [-0.2, 0) is 16.4 Å². The first-order valence-corrected chi connectivity index (χ1v) is 17.6. The predicted octanol–water partition coefficient (Wildman–Crippen LogP) is 9.43. The first-order chi connectivity index (χ1) is 21.1. The van der Waals surface area contributed by atoms with Crippen LogP contribution < -0.4 is 10.0 Å². The summed E-state index contributed by atoms with van der Waals surface area (Å²) in [5.74, 6) is 0.418. The third-order valence-corrected chi connectivity index (χ3v) is 9.95. The quantitative estimate of drug-likeness (QED) is 0.132. The van der Waals surface area contributed by atoms with Crippen molar-refractivity contribution in [2.24, 2.45) is 0 Å². The Morgan fingerprint density at radius 3 is 1.52 bits per heavy atom. The minimum absolute atomic E-state index is 0.0561. The molecule has 4 aromatic rings. The normalized spacial score (nSPS) is 13.5. The summed E-state index contributed by atoms with van der Waals surface area (Å²) < 4.78 is 32.6. The summed E-state index contributed by atoms with van der Waals surface area (Å²) >= 11 is 0. The lowest BCUT2D eigenvalue weighted by molar-refractivity contribution is 0.417. The molecule has 0 aliphatic rings. The van der Waals surface area contributed by atoms with Crippen LogP contribution in [0, 0.1) is 0 Å². The monoisotopic (exact) mass is 610 g/mol. The van der Waals surface area contributed by atoms with Gasteiger partial charge in [0.15, 0.2) is 0 Å². The molecule has 0 spiro atoms. The summed E-state index contributed by atoms with van der Waals surface area (Å²) in [6.07, 6.45) is 3.06. The second kappa shape index (κ2) is 15.7. The second-order valence-corrected chi connectivity index (χ2v) is 14.4. The standard InChI is InChI=1S/C39H50N2O2S/c1-28(2)34-26-35(29(3)4)39(36(27-34)30(5)6)44(42,43)41-38(33-23-14-9-15-24-33)37(32-21-12-8-13-22-32)40-25-17-16-20-31-18-10-7-11-19-31/h7-15,18-19,21-24,26-30,37-38,40-41H,16-17,20,25H2,1-6H3. The summed E-state index contributed by atoms with van der Waals surface area (Å²) in [5.41, 5.74) is 6.25. The van der Waals surface area contributed by atoms with Crippen molar-refractivity contribution >= 4 is 10.0 Å². The summed E-state index contributed by atoms with van der Waals surface area (Å²) in [6, 6.07) is 34.2. The van der Waals surface area contributed by atoms with Gasteiger partial charge in [-0.2, -0.15) is 0 Å². The van der Waals surface area contributed by atoms with E-state index in [0.29, 0.717) is 10.8 Å². The Hall–Kier alpha value is -3.25. The number of benzene rings is 4. The van der Waals surface area contributed by atoms with Gasteiger partial charge >= 0.3 is 0 Å². The molecule has 0 amide bonds. The Bertz CT molecular complexity index is 1520. The van der Waals surface area contributed by atoms with Gasteiger partial charge in [-0.05, 0) is 76.9 Å². The highest BCUT2D eigenvalue weighted by Gasteiger charge is 2.33. The highest BCUT2D eigenvalue weighted by Crippen LogP contribution is 2.37. The number of hydrogen-bond acceptors (Lipinski definition) is 3. The molecule has 4 nitrogen and oxygen atoms in total. The van der Waals surface area contributed by atoms with Crippen molar-refractivity contribution in [3.63, 3.8) is 0 Å². The molecule has 0 heterocycles. The Kier molecular flexibility index (Phi) is 12.0. The van der Waals surface area contributed by atoms with E-state index in [-0.39, 0.29) is 17.9 Å². The number of aryl methyl sites for hydroxylation is 1. The molecule has 5 heteroatoms. The number of rotatable bonds is 15. The molecular weight excluding hydrogens is 561 g/mol. The Morgan fingerprint density at radius 1 is 0.568 bits per heavy atom. The third kappa shape index (κ3) is 8.68. The van der Waals surface area contributed by atoms with Crippen LogP contribution in [0.25, 0.3) is 0 Å². The first kappa shape index (κ1) is 33.6. The molecule has 0 radical (unpaired) electrons. The van der Waals surface area contributed by atoms with Gasteiger partial charge in [-0.1, -0.05) is 145 Å². The van der Waals surface area contributed by atoms with Crippen molar-refractivity contribution in [1.29, 1.82) is 0 Å². The molecule has 4 aromatic carbocycles. The molecule has 44 heavy (non-hydrogen) atoms. The summed E-state index contributed by atoms with van der Waals surface area (Å²) in [5, 5.41) is 3.77. The zero-order chi connectivity index (χ0) is 31.7. The Balaban J connectivity index is 1.72. The lowest BCUT2D eigenvalue weighted by Crippen LogP contribution is -2.39. The van der Waals surface area contributed by atoms with Gasteiger partial charge in [0.25, 0.3) is 0 Å². The molecule has 0 bridgehead atoms. The number of nitrogens with one attached hydrogen (secondary N) is 2. The molecule has 0 saturated heterocycles. The first-order valence-electron chi connectivity index (χ1n) is 16.2. The van der Waals surface area contributed by atoms with E-state index in [0.717, 1.165) is 48.1 Å². The topological polar surface area (TPSA) is 58.2 Å². The zero-order valence-electron chi connectivity index (χ0n) is 27.3. The van der Waals surface area contributed by atoms with Gasteiger partial charge in [-0.25, -0.2) is 13.1 Å². The van der Waals surface area contributed by atoms with Crippen molar-refractivity contribution in [1.82, 2.24) is 10.0 Å². The highest BCUT2D eigenvalue weighted by atomic mass is 32.2. The predicted molar refractivity (Wildman–Crippen MR) is 185 cm³/mol. The molecule has 0 aliphatic carbocycles. The van der Waals surface area contributed by atoms with Crippen molar-refractivity contribution in [3.8, 4) is 0 Å². The molecule has 2 N–H and O–H groups in total. The van der Waals surface area contributed by atoms with Gasteiger partial charge in [0.1, 0.15) is 0 Å². The van der Waals surface area contributed by atoms with Crippen LogP contribution in [0.1, 0.15) is 118 Å². The molecule has 234 valence electrons. The van der Waals surface area contributed by atoms with Crippen LogP contribution in [0.5, 0.6) is 0 Å². The maximum atomic E-state index is 14.7. The van der Waals surface area contributed by atoms with Crippen LogP contribution in [0.15, 0.2) is 108 Å². The van der Waals surface area contributed by atoms with Crippen molar-refractivity contribution in [3.05, 3.63) is 137 Å². The van der Waals surface area contributed by atoms with Gasteiger partial charge < -0.3 is 5.32 Å². The zero-order valence-corrected chi connectivity index (χ0v) is 28.1. The van der Waals surface area contributed by atoms with E-state index in [9.17, 15) is 8.42 Å². The molecule has 0 saturated carbocycles. The van der Waals surface area contributed by atoms with E-state index < -0.39 is 16.1 Å². The maximum absolute atomic E-state index is 14.7.